The fourth-order valence-electron chi connectivity index (χ4n) is 5.74. The zero-order valence-electron chi connectivity index (χ0n) is 22.8. The largest absolute Gasteiger partial charge is 0.421 e. The van der Waals surface area contributed by atoms with E-state index in [2.05, 4.69) is 68.9 Å². The van der Waals surface area contributed by atoms with Gasteiger partial charge in [-0.3, -0.25) is 14.7 Å². The maximum atomic E-state index is 13.8. The fourth-order valence-corrected chi connectivity index (χ4v) is 6.41. The molecule has 6 rings (SSSR count). The Morgan fingerprint density at radius 1 is 1.02 bits per heavy atom. The molecular weight excluding hydrogens is 520 g/mol. The first-order valence-electron chi connectivity index (χ1n) is 13.8. The molecule has 1 fully saturated rings. The van der Waals surface area contributed by atoms with E-state index in [4.69, 9.17) is 4.42 Å². The van der Waals surface area contributed by atoms with Crippen molar-refractivity contribution < 1.29 is 9.21 Å². The van der Waals surface area contributed by atoms with E-state index in [0.29, 0.717) is 17.8 Å². The minimum absolute atomic E-state index is 0.0789. The molecule has 0 spiro atoms. The van der Waals surface area contributed by atoms with E-state index in [1.807, 2.05) is 53.0 Å². The van der Waals surface area contributed by atoms with Gasteiger partial charge in [0.15, 0.2) is 0 Å². The lowest BCUT2D eigenvalue weighted by atomic mass is 9.88. The predicted molar refractivity (Wildman–Crippen MR) is 157 cm³/mol. The lowest BCUT2D eigenvalue weighted by molar-refractivity contribution is 0.0474. The predicted octanol–water partition coefficient (Wildman–Crippen LogP) is 5.86. The summed E-state index contributed by atoms with van der Waals surface area (Å²) in [4.78, 5) is 19.1. The van der Waals surface area contributed by atoms with E-state index < -0.39 is 0 Å². The van der Waals surface area contributed by atoms with Gasteiger partial charge in [0, 0.05) is 37.3 Å². The summed E-state index contributed by atoms with van der Waals surface area (Å²) in [5.41, 5.74) is 6.67. The quantitative estimate of drug-likeness (QED) is 0.292. The zero-order valence-corrected chi connectivity index (χ0v) is 23.6. The summed E-state index contributed by atoms with van der Waals surface area (Å²) < 4.78 is 5.62. The Kier molecular flexibility index (Phi) is 7.77. The highest BCUT2D eigenvalue weighted by Gasteiger charge is 2.36. The summed E-state index contributed by atoms with van der Waals surface area (Å²) in [6, 6.07) is 23.1. The number of hydrazine groups is 1. The van der Waals surface area contributed by atoms with Crippen LogP contribution in [0, 0.1) is 6.92 Å². The van der Waals surface area contributed by atoms with Crippen molar-refractivity contribution in [2.24, 2.45) is 0 Å². The van der Waals surface area contributed by atoms with Crippen molar-refractivity contribution >= 4 is 22.9 Å². The third kappa shape index (κ3) is 5.72. The van der Waals surface area contributed by atoms with Crippen molar-refractivity contribution in [2.45, 2.75) is 57.4 Å². The van der Waals surface area contributed by atoms with Gasteiger partial charge in [-0.2, -0.15) is 0 Å². The Morgan fingerprint density at radius 2 is 1.82 bits per heavy atom. The molecule has 40 heavy (non-hydrogen) atoms. The highest BCUT2D eigenvalue weighted by atomic mass is 32.1. The lowest BCUT2D eigenvalue weighted by Crippen LogP contribution is -2.55. The van der Waals surface area contributed by atoms with E-state index in [0.717, 1.165) is 48.4 Å². The molecule has 4 aromatic rings. The molecule has 1 saturated carbocycles. The Morgan fingerprint density at radius 3 is 2.55 bits per heavy atom. The summed E-state index contributed by atoms with van der Waals surface area (Å²) >= 11 is 1.50. The molecule has 2 aromatic heterocycles. The number of rotatable bonds is 8. The fraction of sp³-hybridized carbons (Fsp3) is 0.323. The molecule has 2 aromatic carbocycles. The van der Waals surface area contributed by atoms with Gasteiger partial charge in [0.2, 0.25) is 11.8 Å². The number of benzene rings is 2. The third-order valence-electron chi connectivity index (χ3n) is 7.81. The molecule has 206 valence electrons. The van der Waals surface area contributed by atoms with Gasteiger partial charge in [-0.25, -0.2) is 5.43 Å². The first kappa shape index (κ1) is 26.4. The van der Waals surface area contributed by atoms with Crippen molar-refractivity contribution in [3.05, 3.63) is 101 Å². The van der Waals surface area contributed by atoms with Crippen LogP contribution >= 0.6 is 11.3 Å². The van der Waals surface area contributed by atoms with Gasteiger partial charge in [0.1, 0.15) is 6.17 Å². The number of hydrogen-bond donors (Lipinski definition) is 1. The maximum Gasteiger partial charge on any atom is 0.265 e. The number of carbonyl (C=O) groups excluding carboxylic acids is 1. The van der Waals surface area contributed by atoms with Crippen molar-refractivity contribution in [2.75, 3.05) is 12.1 Å². The minimum atomic E-state index is -0.243. The molecule has 1 atom stereocenters. The number of hydrogen-bond acceptors (Lipinski definition) is 8. The summed E-state index contributed by atoms with van der Waals surface area (Å²) in [5.74, 6) is 1.10. The Bertz CT molecular complexity index is 1450. The molecule has 1 unspecified atom stereocenters. The summed E-state index contributed by atoms with van der Waals surface area (Å²) in [7, 11) is 2.22. The normalized spacial score (nSPS) is 20.8. The molecule has 0 bridgehead atoms. The number of aryl methyl sites for hydroxylation is 1. The second-order valence-corrected chi connectivity index (χ2v) is 11.5. The van der Waals surface area contributed by atoms with Crippen LogP contribution in [0.15, 0.2) is 88.8 Å². The number of thiophene rings is 1. The Balaban J connectivity index is 1.16. The number of nitrogens with zero attached hydrogens (tertiary/aromatic N) is 5. The number of aromatic nitrogens is 2. The van der Waals surface area contributed by atoms with E-state index in [9.17, 15) is 4.79 Å². The number of nitrogens with one attached hydrogen (secondary N) is 1. The van der Waals surface area contributed by atoms with Gasteiger partial charge in [-0.15, -0.1) is 21.5 Å². The van der Waals surface area contributed by atoms with Gasteiger partial charge in [-0.05, 0) is 74.0 Å². The SMILES string of the molecule is Cc1nnc(-c2cccc(N3C=CC(N(C(=O)c4cccs4)C4CCC(N(C)Cc5ccccc5)CC4)N3)c2)o1. The second-order valence-electron chi connectivity index (χ2n) is 10.5. The average Bonchev–Trinajstić information content (AvgIpc) is 3.77. The van der Waals surface area contributed by atoms with E-state index >= 15 is 0 Å². The van der Waals surface area contributed by atoms with Crippen LogP contribution in [-0.2, 0) is 6.54 Å². The molecule has 1 aliphatic carbocycles. The molecule has 0 saturated heterocycles. The van der Waals surface area contributed by atoms with Crippen LogP contribution in [0.1, 0.15) is 46.8 Å². The van der Waals surface area contributed by atoms with Crippen molar-refractivity contribution in [3.63, 3.8) is 0 Å². The van der Waals surface area contributed by atoms with Crippen molar-refractivity contribution in [1.82, 2.24) is 25.4 Å². The van der Waals surface area contributed by atoms with Gasteiger partial charge >= 0.3 is 0 Å². The van der Waals surface area contributed by atoms with Crippen LogP contribution in [0.3, 0.4) is 0 Å². The lowest BCUT2D eigenvalue weighted by Gasteiger charge is -2.42. The van der Waals surface area contributed by atoms with Crippen LogP contribution in [0.5, 0.6) is 0 Å². The van der Waals surface area contributed by atoms with Crippen molar-refractivity contribution in [3.8, 4) is 11.5 Å². The highest BCUT2D eigenvalue weighted by Crippen LogP contribution is 2.32. The van der Waals surface area contributed by atoms with E-state index in [-0.39, 0.29) is 18.1 Å². The molecular formula is C31H34N6O2S. The second kappa shape index (κ2) is 11.8. The molecule has 1 N–H and O–H groups in total. The smallest absolute Gasteiger partial charge is 0.265 e. The average molecular weight is 555 g/mol. The summed E-state index contributed by atoms with van der Waals surface area (Å²) in [5, 5.41) is 12.0. The molecule has 1 aliphatic heterocycles. The topological polar surface area (TPSA) is 77.7 Å². The first-order chi connectivity index (χ1) is 19.5. The molecule has 2 aliphatic rings. The van der Waals surface area contributed by atoms with Gasteiger partial charge < -0.3 is 9.32 Å². The monoisotopic (exact) mass is 554 g/mol. The number of anilines is 1. The van der Waals surface area contributed by atoms with Crippen LogP contribution in [0.4, 0.5) is 5.69 Å². The zero-order chi connectivity index (χ0) is 27.5. The van der Waals surface area contributed by atoms with Crippen molar-refractivity contribution in [1.29, 1.82) is 0 Å². The number of carbonyl (C=O) groups is 1. The molecule has 0 radical (unpaired) electrons. The van der Waals surface area contributed by atoms with Crippen LogP contribution in [0.25, 0.3) is 11.5 Å². The molecule has 8 nitrogen and oxygen atoms in total. The van der Waals surface area contributed by atoms with Gasteiger partial charge in [0.25, 0.3) is 5.91 Å². The molecule has 1 amide bonds. The van der Waals surface area contributed by atoms with Gasteiger partial charge in [-0.1, -0.05) is 42.5 Å². The van der Waals surface area contributed by atoms with E-state index in [1.54, 1.807) is 6.92 Å². The minimum Gasteiger partial charge on any atom is -0.421 e. The Hall–Kier alpha value is -3.79. The summed E-state index contributed by atoms with van der Waals surface area (Å²) in [6.07, 6.45) is 7.90. The van der Waals surface area contributed by atoms with Crippen LogP contribution < -0.4 is 10.4 Å². The number of amides is 1. The molecule has 3 heterocycles. The van der Waals surface area contributed by atoms with Gasteiger partial charge in [0.05, 0.1) is 10.6 Å². The Labute approximate surface area is 238 Å². The first-order valence-corrected chi connectivity index (χ1v) is 14.7. The van der Waals surface area contributed by atoms with E-state index in [1.165, 1.54) is 16.9 Å². The maximum absolute atomic E-state index is 13.8. The van der Waals surface area contributed by atoms with Crippen LogP contribution in [-0.4, -0.2) is 51.2 Å². The molecule has 9 heteroatoms. The summed E-state index contributed by atoms with van der Waals surface area (Å²) in [6.45, 7) is 2.72. The standard InChI is InChI=1S/C31H34N6O2S/c1-22-32-33-30(39-22)24-10-6-11-27(20-24)36-18-17-29(34-36)37(31(38)28-12-7-19-40-28)26-15-13-25(14-16-26)35(2)21-23-8-4-3-5-9-23/h3-12,17-20,25-26,29,34H,13-16,21H2,1-2H3. The van der Waals surface area contributed by atoms with Crippen LogP contribution in [0.2, 0.25) is 0 Å². The third-order valence-corrected chi connectivity index (χ3v) is 8.67. The highest BCUT2D eigenvalue weighted by molar-refractivity contribution is 7.12.